The summed E-state index contributed by atoms with van der Waals surface area (Å²) < 4.78 is 55.5. The van der Waals surface area contributed by atoms with E-state index in [1.807, 2.05) is 0 Å². The lowest BCUT2D eigenvalue weighted by molar-refractivity contribution is -0.139. The lowest BCUT2D eigenvalue weighted by atomic mass is 10.2. The summed E-state index contributed by atoms with van der Waals surface area (Å²) in [7, 11) is 0. The molecule has 2 aromatic rings. The molecule has 0 heterocycles. The van der Waals surface area contributed by atoms with Crippen molar-refractivity contribution >= 4 is 11.8 Å². The average Bonchev–Trinajstić information content (AvgIpc) is 2.41. The highest BCUT2D eigenvalue weighted by Crippen LogP contribution is 2.33. The molecule has 0 aliphatic carbocycles. The highest BCUT2D eigenvalue weighted by Gasteiger charge is 2.34. The van der Waals surface area contributed by atoms with E-state index < -0.39 is 23.7 Å². The number of rotatable bonds is 2. The van der Waals surface area contributed by atoms with Crippen molar-refractivity contribution in [2.24, 2.45) is 0 Å². The maximum absolute atomic E-state index is 13.1. The van der Waals surface area contributed by atoms with E-state index in [1.54, 1.807) is 18.2 Å². The Morgan fingerprint density at radius 1 is 1.05 bits per heavy atom. The number of benzene rings is 2. The summed E-state index contributed by atoms with van der Waals surface area (Å²) in [4.78, 5) is 11.5. The molecule has 0 aliphatic heterocycles. The highest BCUT2D eigenvalue weighted by molar-refractivity contribution is 5.86. The molecule has 0 bridgehead atoms. The Morgan fingerprint density at radius 3 is 2.33 bits per heavy atom. The zero-order valence-corrected chi connectivity index (χ0v) is 10.4. The van der Waals surface area contributed by atoms with Crippen molar-refractivity contribution in [3.8, 4) is 5.75 Å². The van der Waals surface area contributed by atoms with Gasteiger partial charge in [-0.25, -0.2) is 9.18 Å². The Kier molecular flexibility index (Phi) is 4.11. The highest BCUT2D eigenvalue weighted by atomic mass is 19.4. The first-order valence-corrected chi connectivity index (χ1v) is 5.77. The number of halogens is 4. The molecule has 7 heteroatoms. The monoisotopic (exact) mass is 299 g/mol. The predicted octanol–water partition coefficient (Wildman–Crippen LogP) is 4.46. The normalized spacial score (nSPS) is 11.0. The number of hydrogen-bond acceptors (Lipinski definition) is 2. The molecule has 0 radical (unpaired) electrons. The number of hydrogen-bond donors (Lipinski definition) is 1. The van der Waals surface area contributed by atoms with E-state index >= 15 is 0 Å². The van der Waals surface area contributed by atoms with Gasteiger partial charge >= 0.3 is 12.3 Å². The molecule has 1 amide bonds. The van der Waals surface area contributed by atoms with E-state index in [1.165, 1.54) is 12.1 Å². The van der Waals surface area contributed by atoms with Crippen molar-refractivity contribution in [1.82, 2.24) is 0 Å². The van der Waals surface area contributed by atoms with Crippen LogP contribution in [0.3, 0.4) is 0 Å². The fourth-order valence-corrected chi connectivity index (χ4v) is 1.56. The Morgan fingerprint density at radius 2 is 1.71 bits per heavy atom. The molecule has 2 aromatic carbocycles. The van der Waals surface area contributed by atoms with Gasteiger partial charge in [0.1, 0.15) is 11.6 Å². The lowest BCUT2D eigenvalue weighted by Crippen LogP contribution is -2.17. The van der Waals surface area contributed by atoms with Gasteiger partial charge in [0.2, 0.25) is 0 Å². The second-order valence-electron chi connectivity index (χ2n) is 4.02. The summed E-state index contributed by atoms with van der Waals surface area (Å²) in [5.74, 6) is -1.18. The second-order valence-corrected chi connectivity index (χ2v) is 4.02. The number of anilines is 1. The maximum Gasteiger partial charge on any atom is 0.419 e. The topological polar surface area (TPSA) is 38.3 Å². The molecular weight excluding hydrogens is 290 g/mol. The van der Waals surface area contributed by atoms with Crippen molar-refractivity contribution in [2.75, 3.05) is 5.32 Å². The third-order valence-corrected chi connectivity index (χ3v) is 2.47. The Balaban J connectivity index is 2.11. The van der Waals surface area contributed by atoms with Crippen LogP contribution in [0.15, 0.2) is 48.5 Å². The molecule has 21 heavy (non-hydrogen) atoms. The lowest BCUT2D eigenvalue weighted by Gasteiger charge is -2.11. The van der Waals surface area contributed by atoms with E-state index in [4.69, 9.17) is 4.74 Å². The molecule has 0 fully saturated rings. The van der Waals surface area contributed by atoms with E-state index in [0.29, 0.717) is 12.1 Å². The van der Waals surface area contributed by atoms with Crippen LogP contribution in [0.2, 0.25) is 0 Å². The quantitative estimate of drug-likeness (QED) is 0.832. The molecular formula is C14H9F4NO2. The summed E-state index contributed by atoms with van der Waals surface area (Å²) in [6.45, 7) is 0. The molecule has 0 atom stereocenters. The number of alkyl halides is 3. The molecule has 110 valence electrons. The van der Waals surface area contributed by atoms with Crippen LogP contribution in [0, 0.1) is 5.82 Å². The van der Waals surface area contributed by atoms with Crippen LogP contribution in [-0.2, 0) is 6.18 Å². The number of carbonyl (C=O) groups excluding carboxylic acids is 1. The summed E-state index contributed by atoms with van der Waals surface area (Å²) in [5, 5.41) is 2.10. The minimum absolute atomic E-state index is 0.218. The van der Waals surface area contributed by atoms with E-state index in [2.05, 4.69) is 5.32 Å². The van der Waals surface area contributed by atoms with Gasteiger partial charge in [0, 0.05) is 5.69 Å². The number of carbonyl (C=O) groups is 1. The molecule has 1 N–H and O–H groups in total. The predicted molar refractivity (Wildman–Crippen MR) is 67.5 cm³/mol. The summed E-state index contributed by atoms with van der Waals surface area (Å²) in [5.41, 5.74) is -1.68. The van der Waals surface area contributed by atoms with E-state index in [9.17, 15) is 22.4 Å². The van der Waals surface area contributed by atoms with Crippen LogP contribution >= 0.6 is 0 Å². The number of amides is 1. The molecule has 3 nitrogen and oxygen atoms in total. The van der Waals surface area contributed by atoms with Crippen LogP contribution in [-0.4, -0.2) is 6.09 Å². The third-order valence-electron chi connectivity index (χ3n) is 2.47. The Labute approximate surface area is 117 Å². The Bertz CT molecular complexity index is 641. The van der Waals surface area contributed by atoms with E-state index in [0.717, 1.165) is 6.07 Å². The smallest absolute Gasteiger partial charge is 0.410 e. The standard InChI is InChI=1S/C14H9F4NO2/c15-12-7-6-9(8-11(12)14(16,17)18)19-13(20)21-10-4-2-1-3-5-10/h1-8H,(H,19,20). The first-order chi connectivity index (χ1) is 9.86. The van der Waals surface area contributed by atoms with Gasteiger partial charge < -0.3 is 4.74 Å². The van der Waals surface area contributed by atoms with Gasteiger partial charge in [0.05, 0.1) is 5.56 Å². The van der Waals surface area contributed by atoms with Crippen LogP contribution in [0.5, 0.6) is 5.75 Å². The van der Waals surface area contributed by atoms with Crippen molar-refractivity contribution in [1.29, 1.82) is 0 Å². The minimum Gasteiger partial charge on any atom is -0.410 e. The first-order valence-electron chi connectivity index (χ1n) is 5.77. The van der Waals surface area contributed by atoms with Gasteiger partial charge in [-0.3, -0.25) is 5.32 Å². The molecule has 0 saturated carbocycles. The molecule has 2 rings (SSSR count). The van der Waals surface area contributed by atoms with Crippen LogP contribution < -0.4 is 10.1 Å². The fourth-order valence-electron chi connectivity index (χ4n) is 1.56. The number of ether oxygens (including phenoxy) is 1. The molecule has 0 saturated heterocycles. The fraction of sp³-hybridized carbons (Fsp3) is 0.0714. The van der Waals surface area contributed by atoms with Crippen molar-refractivity contribution in [3.05, 3.63) is 59.9 Å². The van der Waals surface area contributed by atoms with Gasteiger partial charge in [-0.05, 0) is 30.3 Å². The SMILES string of the molecule is O=C(Nc1ccc(F)c(C(F)(F)F)c1)Oc1ccccc1. The van der Waals surface area contributed by atoms with Crippen molar-refractivity contribution in [3.63, 3.8) is 0 Å². The summed E-state index contributed by atoms with van der Waals surface area (Å²) >= 11 is 0. The third kappa shape index (κ3) is 3.95. The van der Waals surface area contributed by atoms with Crippen LogP contribution in [0.4, 0.5) is 28.0 Å². The molecule has 0 aliphatic rings. The zero-order valence-electron chi connectivity index (χ0n) is 10.4. The summed E-state index contributed by atoms with van der Waals surface area (Å²) in [6, 6.07) is 10.1. The minimum atomic E-state index is -4.84. The van der Waals surface area contributed by atoms with Gasteiger partial charge in [-0.15, -0.1) is 0 Å². The second kappa shape index (κ2) is 5.82. The molecule has 0 unspecified atom stereocenters. The van der Waals surface area contributed by atoms with Crippen LogP contribution in [0.1, 0.15) is 5.56 Å². The maximum atomic E-state index is 13.1. The summed E-state index contributed by atoms with van der Waals surface area (Å²) in [6.07, 6.45) is -5.81. The van der Waals surface area contributed by atoms with Gasteiger partial charge in [-0.1, -0.05) is 18.2 Å². The number of para-hydroxylation sites is 1. The molecule has 0 spiro atoms. The van der Waals surface area contributed by atoms with Gasteiger partial charge in [0.25, 0.3) is 0 Å². The van der Waals surface area contributed by atoms with E-state index in [-0.39, 0.29) is 11.4 Å². The van der Waals surface area contributed by atoms with Crippen molar-refractivity contribution < 1.29 is 27.1 Å². The zero-order chi connectivity index (χ0) is 15.5. The van der Waals surface area contributed by atoms with Crippen molar-refractivity contribution in [2.45, 2.75) is 6.18 Å². The van der Waals surface area contributed by atoms with Gasteiger partial charge in [-0.2, -0.15) is 13.2 Å². The Hall–Kier alpha value is -2.57. The largest absolute Gasteiger partial charge is 0.419 e. The molecule has 0 aromatic heterocycles. The number of nitrogens with one attached hydrogen (secondary N) is 1. The van der Waals surface area contributed by atoms with Gasteiger partial charge in [0.15, 0.2) is 0 Å². The van der Waals surface area contributed by atoms with Crippen LogP contribution in [0.25, 0.3) is 0 Å². The first kappa shape index (κ1) is 14.8. The average molecular weight is 299 g/mol.